The third-order valence-electron chi connectivity index (χ3n) is 4.91. The summed E-state index contributed by atoms with van der Waals surface area (Å²) in [4.78, 5) is 12.6. The molecule has 2 aromatic rings. The van der Waals surface area contributed by atoms with Crippen molar-refractivity contribution in [3.8, 4) is 0 Å². The highest BCUT2D eigenvalue weighted by Gasteiger charge is 2.36. The lowest BCUT2D eigenvalue weighted by Gasteiger charge is -2.11. The van der Waals surface area contributed by atoms with E-state index in [4.69, 9.17) is 0 Å². The van der Waals surface area contributed by atoms with Crippen molar-refractivity contribution in [2.24, 2.45) is 0 Å². The first-order valence-corrected chi connectivity index (χ1v) is 11.8. The van der Waals surface area contributed by atoms with Crippen LogP contribution in [0.1, 0.15) is 49.0 Å². The van der Waals surface area contributed by atoms with Crippen LogP contribution in [0.15, 0.2) is 28.3 Å². The summed E-state index contributed by atoms with van der Waals surface area (Å²) in [5.74, 6) is 1.57. The average Bonchev–Trinajstić information content (AvgIpc) is 3.60. The van der Waals surface area contributed by atoms with Crippen LogP contribution >= 0.6 is 11.8 Å². The number of hydrogen-bond acceptors (Lipinski definition) is 6. The number of rotatable bonds is 8. The number of nitrogens with zero attached hydrogens (tertiary/aromatic N) is 3. The number of carbonyl (C=O) groups excluding carboxylic acids is 1. The van der Waals surface area contributed by atoms with E-state index >= 15 is 0 Å². The van der Waals surface area contributed by atoms with Gasteiger partial charge >= 0.3 is 0 Å². The van der Waals surface area contributed by atoms with E-state index in [0.29, 0.717) is 23.2 Å². The minimum absolute atomic E-state index is 0.156. The maximum atomic E-state index is 12.4. The number of nitrogens with one attached hydrogen (secondary N) is 2. The Bertz CT molecular complexity index is 1010. The highest BCUT2D eigenvalue weighted by Crippen LogP contribution is 2.45. The van der Waals surface area contributed by atoms with Crippen LogP contribution in [-0.2, 0) is 14.8 Å². The number of amides is 1. The van der Waals surface area contributed by atoms with Crippen LogP contribution < -0.4 is 10.0 Å². The fraction of sp³-hybridized carbons (Fsp3) is 0.500. The van der Waals surface area contributed by atoms with Gasteiger partial charge in [-0.2, -0.15) is 0 Å². The number of sulfonamides is 1. The number of aromatic nitrogens is 3. The minimum atomic E-state index is -3.58. The van der Waals surface area contributed by atoms with Gasteiger partial charge in [-0.3, -0.25) is 4.79 Å². The van der Waals surface area contributed by atoms with E-state index in [2.05, 4.69) is 24.8 Å². The molecule has 0 atom stereocenters. The molecule has 28 heavy (non-hydrogen) atoms. The highest BCUT2D eigenvalue weighted by atomic mass is 32.2. The molecule has 1 aromatic carbocycles. The van der Waals surface area contributed by atoms with E-state index in [1.165, 1.54) is 37.7 Å². The number of carbonyl (C=O) groups is 1. The molecule has 2 fully saturated rings. The normalized spacial score (nSPS) is 16.9. The third-order valence-corrected chi connectivity index (χ3v) is 7.41. The van der Waals surface area contributed by atoms with Crippen molar-refractivity contribution in [1.82, 2.24) is 19.5 Å². The smallest absolute Gasteiger partial charge is 0.240 e. The van der Waals surface area contributed by atoms with Crippen LogP contribution in [0, 0.1) is 6.92 Å². The maximum Gasteiger partial charge on any atom is 0.240 e. The molecule has 2 aliphatic carbocycles. The largest absolute Gasteiger partial charge is 0.325 e. The van der Waals surface area contributed by atoms with E-state index in [1.807, 2.05) is 0 Å². The molecule has 0 bridgehead atoms. The van der Waals surface area contributed by atoms with Gasteiger partial charge in [0.05, 0.1) is 10.6 Å². The first-order chi connectivity index (χ1) is 13.4. The Morgan fingerprint density at radius 2 is 2.00 bits per heavy atom. The van der Waals surface area contributed by atoms with Gasteiger partial charge in [0, 0.05) is 17.6 Å². The van der Waals surface area contributed by atoms with Gasteiger partial charge in [0.1, 0.15) is 5.82 Å². The summed E-state index contributed by atoms with van der Waals surface area (Å²) < 4.78 is 28.7. The summed E-state index contributed by atoms with van der Waals surface area (Å²) >= 11 is 1.37. The number of thioether (sulfide) groups is 1. The van der Waals surface area contributed by atoms with E-state index < -0.39 is 10.0 Å². The Balaban J connectivity index is 1.43. The van der Waals surface area contributed by atoms with Gasteiger partial charge in [0.25, 0.3) is 0 Å². The Morgan fingerprint density at radius 1 is 1.25 bits per heavy atom. The quantitative estimate of drug-likeness (QED) is 0.634. The summed E-state index contributed by atoms with van der Waals surface area (Å²) in [6.07, 6.45) is 4.62. The fourth-order valence-corrected chi connectivity index (χ4v) is 4.89. The van der Waals surface area contributed by atoms with Gasteiger partial charge in [-0.05, 0) is 57.4 Å². The highest BCUT2D eigenvalue weighted by molar-refractivity contribution is 7.99. The maximum absolute atomic E-state index is 12.4. The molecule has 1 amide bonds. The molecule has 8 nitrogen and oxygen atoms in total. The van der Waals surface area contributed by atoms with Crippen molar-refractivity contribution in [2.45, 2.75) is 54.6 Å². The van der Waals surface area contributed by atoms with Crippen molar-refractivity contribution in [1.29, 1.82) is 0 Å². The van der Waals surface area contributed by atoms with Crippen molar-refractivity contribution < 1.29 is 13.2 Å². The zero-order valence-corrected chi connectivity index (χ0v) is 17.4. The molecule has 1 aromatic heterocycles. The molecule has 0 spiro atoms. The van der Waals surface area contributed by atoms with E-state index in [-0.39, 0.29) is 16.6 Å². The van der Waals surface area contributed by atoms with Crippen molar-refractivity contribution >= 4 is 33.4 Å². The Hall–Kier alpha value is -1.91. The number of aryl methyl sites for hydroxylation is 1. The molecule has 0 radical (unpaired) electrons. The Morgan fingerprint density at radius 3 is 2.64 bits per heavy atom. The summed E-state index contributed by atoms with van der Waals surface area (Å²) in [5, 5.41) is 12.2. The molecular weight excluding hydrogens is 398 g/mol. The van der Waals surface area contributed by atoms with Crippen LogP contribution in [0.3, 0.4) is 0 Å². The van der Waals surface area contributed by atoms with Crippen LogP contribution in [0.4, 0.5) is 5.69 Å². The molecule has 2 aliphatic rings. The molecule has 0 aliphatic heterocycles. The SMILES string of the molecule is CNS(=O)(=O)c1cc(NC(=O)CSc2nnc(C3CC3)n2C2CC2)ccc1C. The summed E-state index contributed by atoms with van der Waals surface area (Å²) in [6.45, 7) is 1.72. The van der Waals surface area contributed by atoms with Crippen LogP contribution in [0.25, 0.3) is 0 Å². The van der Waals surface area contributed by atoms with E-state index in [1.54, 1.807) is 19.1 Å². The Labute approximate surface area is 168 Å². The van der Waals surface area contributed by atoms with E-state index in [0.717, 1.165) is 23.8 Å². The zero-order valence-electron chi connectivity index (χ0n) is 15.8. The van der Waals surface area contributed by atoms with Gasteiger partial charge in [0.15, 0.2) is 5.16 Å². The van der Waals surface area contributed by atoms with E-state index in [9.17, 15) is 13.2 Å². The first-order valence-electron chi connectivity index (χ1n) is 9.30. The summed E-state index contributed by atoms with van der Waals surface area (Å²) in [5.41, 5.74) is 1.07. The number of benzene rings is 1. The van der Waals surface area contributed by atoms with Crippen LogP contribution in [-0.4, -0.2) is 41.9 Å². The molecule has 4 rings (SSSR count). The van der Waals surface area contributed by atoms with Crippen LogP contribution in [0.5, 0.6) is 0 Å². The van der Waals surface area contributed by atoms with Gasteiger partial charge in [-0.1, -0.05) is 17.8 Å². The fourth-order valence-electron chi connectivity index (χ4n) is 3.09. The molecule has 150 valence electrons. The lowest BCUT2D eigenvalue weighted by Crippen LogP contribution is -2.20. The zero-order chi connectivity index (χ0) is 19.9. The van der Waals surface area contributed by atoms with Crippen molar-refractivity contribution in [3.05, 3.63) is 29.6 Å². The predicted octanol–water partition coefficient (Wildman–Crippen LogP) is 2.44. The minimum Gasteiger partial charge on any atom is -0.325 e. The first kappa shape index (κ1) is 19.4. The lowest BCUT2D eigenvalue weighted by atomic mass is 10.2. The molecule has 1 heterocycles. The molecule has 10 heteroatoms. The molecular formula is C18H23N5O3S2. The van der Waals surface area contributed by atoms with Gasteiger partial charge in [0.2, 0.25) is 15.9 Å². The lowest BCUT2D eigenvalue weighted by molar-refractivity contribution is -0.113. The second kappa shape index (κ2) is 7.49. The summed E-state index contributed by atoms with van der Waals surface area (Å²) in [6, 6.07) is 5.33. The predicted molar refractivity (Wildman–Crippen MR) is 107 cm³/mol. The van der Waals surface area contributed by atoms with Gasteiger partial charge in [-0.25, -0.2) is 13.1 Å². The van der Waals surface area contributed by atoms with Crippen molar-refractivity contribution in [3.63, 3.8) is 0 Å². The number of hydrogen-bond donors (Lipinski definition) is 2. The second-order valence-corrected chi connectivity index (χ2v) is 10.0. The van der Waals surface area contributed by atoms with Crippen molar-refractivity contribution in [2.75, 3.05) is 18.1 Å². The average molecular weight is 422 g/mol. The van der Waals surface area contributed by atoms with Crippen LogP contribution in [0.2, 0.25) is 0 Å². The third kappa shape index (κ3) is 4.08. The number of anilines is 1. The second-order valence-electron chi connectivity index (χ2n) is 7.24. The molecule has 2 saturated carbocycles. The molecule has 2 N–H and O–H groups in total. The van der Waals surface area contributed by atoms with Gasteiger partial charge < -0.3 is 9.88 Å². The Kier molecular flexibility index (Phi) is 5.19. The monoisotopic (exact) mass is 421 g/mol. The topological polar surface area (TPSA) is 106 Å². The standard InChI is InChI=1S/C18H23N5O3S2/c1-11-3-6-13(9-15(11)28(25,26)19-2)20-16(24)10-27-18-22-21-17(12-4-5-12)23(18)14-7-8-14/h3,6,9,12,14,19H,4-5,7-8,10H2,1-2H3,(H,20,24). The molecule has 0 saturated heterocycles. The van der Waals surface area contributed by atoms with Gasteiger partial charge in [-0.15, -0.1) is 10.2 Å². The summed E-state index contributed by atoms with van der Waals surface area (Å²) in [7, 11) is -2.21. The molecule has 0 unspecified atom stereocenters.